The van der Waals surface area contributed by atoms with Crippen molar-refractivity contribution in [2.75, 3.05) is 6.61 Å². The molecule has 0 N–H and O–H groups in total. The van der Waals surface area contributed by atoms with Crippen molar-refractivity contribution < 1.29 is 4.74 Å². The molecule has 1 nitrogen and oxygen atoms in total. The zero-order valence-electron chi connectivity index (χ0n) is 5.94. The molecule has 53 valence electrons. The molecule has 0 atom stereocenters. The zero-order valence-corrected chi connectivity index (χ0v) is 5.94. The Morgan fingerprint density at radius 1 is 1.33 bits per heavy atom. The molecule has 0 aromatic rings. The third-order valence-corrected chi connectivity index (χ3v) is 2.15. The van der Waals surface area contributed by atoms with Crippen LogP contribution >= 0.6 is 0 Å². The van der Waals surface area contributed by atoms with Gasteiger partial charge < -0.3 is 4.74 Å². The molecule has 1 aliphatic carbocycles. The van der Waals surface area contributed by atoms with Crippen LogP contribution in [-0.4, -0.2) is 6.61 Å². The molecule has 0 amide bonds. The molecule has 1 rings (SSSR count). The highest BCUT2D eigenvalue weighted by Crippen LogP contribution is 2.27. The molecule has 0 unspecified atom stereocenters. The molecular formula is C8H15O. The summed E-state index contributed by atoms with van der Waals surface area (Å²) in [5.41, 5.74) is 0. The van der Waals surface area contributed by atoms with Gasteiger partial charge in [0.05, 0.1) is 7.11 Å². The molecule has 0 aliphatic heterocycles. The van der Waals surface area contributed by atoms with Crippen LogP contribution in [0.1, 0.15) is 32.1 Å². The van der Waals surface area contributed by atoms with E-state index in [2.05, 4.69) is 7.11 Å². The zero-order chi connectivity index (χ0) is 6.53. The Morgan fingerprint density at radius 3 is 2.56 bits per heavy atom. The van der Waals surface area contributed by atoms with Crippen molar-refractivity contribution in [3.63, 3.8) is 0 Å². The second-order valence-corrected chi connectivity index (χ2v) is 2.85. The molecule has 1 fully saturated rings. The summed E-state index contributed by atoms with van der Waals surface area (Å²) in [5.74, 6) is 0.951. The van der Waals surface area contributed by atoms with Crippen molar-refractivity contribution in [2.24, 2.45) is 5.92 Å². The average molecular weight is 127 g/mol. The maximum atomic E-state index is 4.75. The maximum Gasteiger partial charge on any atom is 0.0700 e. The fraction of sp³-hybridized carbons (Fsp3) is 0.875. The minimum Gasteiger partial charge on any atom is -0.379 e. The predicted molar refractivity (Wildman–Crippen MR) is 37.9 cm³/mol. The highest BCUT2D eigenvalue weighted by molar-refractivity contribution is 4.66. The number of ether oxygens (including phenoxy) is 1. The lowest BCUT2D eigenvalue weighted by atomic mass is 10.1. The van der Waals surface area contributed by atoms with E-state index in [1.807, 2.05) is 0 Å². The lowest BCUT2D eigenvalue weighted by Gasteiger charge is -2.05. The van der Waals surface area contributed by atoms with E-state index in [4.69, 9.17) is 4.74 Å². The van der Waals surface area contributed by atoms with E-state index in [1.165, 1.54) is 32.1 Å². The lowest BCUT2D eigenvalue weighted by molar-refractivity contribution is 0.216. The average Bonchev–Trinajstić information content (AvgIpc) is 2.34. The van der Waals surface area contributed by atoms with Crippen molar-refractivity contribution in [2.45, 2.75) is 32.1 Å². The van der Waals surface area contributed by atoms with Gasteiger partial charge in [-0.2, -0.15) is 0 Å². The lowest BCUT2D eigenvalue weighted by Crippen LogP contribution is -1.97. The fourth-order valence-electron chi connectivity index (χ4n) is 1.55. The van der Waals surface area contributed by atoms with Crippen LogP contribution in [0.5, 0.6) is 0 Å². The van der Waals surface area contributed by atoms with Gasteiger partial charge in [0, 0.05) is 6.61 Å². The van der Waals surface area contributed by atoms with Crippen LogP contribution < -0.4 is 0 Å². The summed E-state index contributed by atoms with van der Waals surface area (Å²) < 4.78 is 4.75. The molecule has 1 saturated carbocycles. The molecule has 0 aromatic heterocycles. The van der Waals surface area contributed by atoms with Gasteiger partial charge in [-0.3, -0.25) is 0 Å². The summed E-state index contributed by atoms with van der Waals surface area (Å²) in [6.07, 6.45) is 6.93. The van der Waals surface area contributed by atoms with Gasteiger partial charge in [0.1, 0.15) is 0 Å². The summed E-state index contributed by atoms with van der Waals surface area (Å²) in [5, 5.41) is 0. The van der Waals surface area contributed by atoms with Gasteiger partial charge in [0.2, 0.25) is 0 Å². The largest absolute Gasteiger partial charge is 0.379 e. The quantitative estimate of drug-likeness (QED) is 0.565. The molecule has 0 bridgehead atoms. The van der Waals surface area contributed by atoms with Gasteiger partial charge in [-0.05, 0) is 12.3 Å². The minimum absolute atomic E-state index is 0.852. The monoisotopic (exact) mass is 127 g/mol. The van der Waals surface area contributed by atoms with E-state index in [9.17, 15) is 0 Å². The summed E-state index contributed by atoms with van der Waals surface area (Å²) in [7, 11) is 3.35. The maximum absolute atomic E-state index is 4.75. The van der Waals surface area contributed by atoms with Gasteiger partial charge in [0.15, 0.2) is 0 Å². The van der Waals surface area contributed by atoms with Crippen molar-refractivity contribution in [1.82, 2.24) is 0 Å². The second-order valence-electron chi connectivity index (χ2n) is 2.85. The van der Waals surface area contributed by atoms with Crippen LogP contribution in [0.15, 0.2) is 0 Å². The Hall–Kier alpha value is -0.0400. The Balaban J connectivity index is 1.98. The van der Waals surface area contributed by atoms with Crippen LogP contribution in [-0.2, 0) is 4.74 Å². The normalized spacial score (nSPS) is 21.0. The summed E-state index contributed by atoms with van der Waals surface area (Å²) in [4.78, 5) is 0. The van der Waals surface area contributed by atoms with Crippen LogP contribution in [0.3, 0.4) is 0 Å². The van der Waals surface area contributed by atoms with E-state index in [0.29, 0.717) is 0 Å². The van der Waals surface area contributed by atoms with Crippen LogP contribution in [0.4, 0.5) is 0 Å². The Morgan fingerprint density at radius 2 is 2.00 bits per heavy atom. The van der Waals surface area contributed by atoms with E-state index in [-0.39, 0.29) is 0 Å². The smallest absolute Gasteiger partial charge is 0.0700 e. The molecule has 1 heteroatoms. The van der Waals surface area contributed by atoms with Gasteiger partial charge in [-0.25, -0.2) is 0 Å². The third kappa shape index (κ3) is 2.35. The summed E-state index contributed by atoms with van der Waals surface area (Å²) in [6, 6.07) is 0. The minimum atomic E-state index is 0.852. The standard InChI is InChI=1S/C8H15O/c1-9-7-6-8-4-2-3-5-8/h8H,1-7H2. The molecule has 0 saturated heterocycles. The van der Waals surface area contributed by atoms with Crippen molar-refractivity contribution in [3.8, 4) is 0 Å². The second kappa shape index (κ2) is 3.89. The highest BCUT2D eigenvalue weighted by atomic mass is 16.5. The molecule has 0 heterocycles. The van der Waals surface area contributed by atoms with Gasteiger partial charge in [0.25, 0.3) is 0 Å². The first kappa shape index (κ1) is 7.07. The van der Waals surface area contributed by atoms with Crippen molar-refractivity contribution in [3.05, 3.63) is 7.11 Å². The first-order valence-corrected chi connectivity index (χ1v) is 3.80. The summed E-state index contributed by atoms with van der Waals surface area (Å²) >= 11 is 0. The predicted octanol–water partition coefficient (Wildman–Crippen LogP) is 2.37. The van der Waals surface area contributed by atoms with Crippen molar-refractivity contribution in [1.29, 1.82) is 0 Å². The first-order valence-electron chi connectivity index (χ1n) is 3.80. The Bertz CT molecular complexity index is 65.0. The number of hydrogen-bond donors (Lipinski definition) is 0. The summed E-state index contributed by atoms with van der Waals surface area (Å²) in [6.45, 7) is 0.852. The first-order chi connectivity index (χ1) is 4.43. The molecular weight excluding hydrogens is 112 g/mol. The Kier molecular flexibility index (Phi) is 3.05. The molecule has 0 spiro atoms. The van der Waals surface area contributed by atoms with E-state index >= 15 is 0 Å². The third-order valence-electron chi connectivity index (χ3n) is 2.15. The number of rotatable bonds is 3. The van der Waals surface area contributed by atoms with Gasteiger partial charge in [-0.1, -0.05) is 25.7 Å². The highest BCUT2D eigenvalue weighted by Gasteiger charge is 2.13. The molecule has 0 aromatic carbocycles. The van der Waals surface area contributed by atoms with E-state index in [1.54, 1.807) is 0 Å². The van der Waals surface area contributed by atoms with Crippen LogP contribution in [0.25, 0.3) is 0 Å². The molecule has 1 aliphatic rings. The van der Waals surface area contributed by atoms with Crippen LogP contribution in [0.2, 0.25) is 0 Å². The van der Waals surface area contributed by atoms with Crippen LogP contribution in [0, 0.1) is 13.0 Å². The Labute approximate surface area is 57.4 Å². The molecule has 9 heavy (non-hydrogen) atoms. The van der Waals surface area contributed by atoms with Gasteiger partial charge >= 0.3 is 0 Å². The van der Waals surface area contributed by atoms with E-state index < -0.39 is 0 Å². The SMILES string of the molecule is [CH2]OCCC1CCCC1. The number of hydrogen-bond acceptors (Lipinski definition) is 1. The van der Waals surface area contributed by atoms with E-state index in [0.717, 1.165) is 12.5 Å². The topological polar surface area (TPSA) is 9.23 Å². The van der Waals surface area contributed by atoms with Crippen molar-refractivity contribution >= 4 is 0 Å². The molecule has 1 radical (unpaired) electrons. The van der Waals surface area contributed by atoms with Gasteiger partial charge in [-0.15, -0.1) is 0 Å². The fourth-order valence-corrected chi connectivity index (χ4v) is 1.55.